The fraction of sp³-hybridized carbons (Fsp3) is 0.611. The highest BCUT2D eigenvalue weighted by Gasteiger charge is 2.14. The van der Waals surface area contributed by atoms with Gasteiger partial charge in [0.15, 0.2) is 5.78 Å². The van der Waals surface area contributed by atoms with Crippen molar-refractivity contribution < 1.29 is 4.79 Å². The fourth-order valence-corrected chi connectivity index (χ4v) is 2.36. The van der Waals surface area contributed by atoms with E-state index in [0.29, 0.717) is 6.54 Å². The zero-order chi connectivity index (χ0) is 15.0. The molecule has 0 bridgehead atoms. The predicted octanol–water partition coefficient (Wildman–Crippen LogP) is 4.39. The maximum Gasteiger partial charge on any atom is 0.177 e. The Kier molecular flexibility index (Phi) is 7.53. The van der Waals surface area contributed by atoms with Crippen LogP contribution in [0.2, 0.25) is 0 Å². The van der Waals surface area contributed by atoms with E-state index < -0.39 is 0 Å². The zero-order valence-electron chi connectivity index (χ0n) is 13.5. The lowest BCUT2D eigenvalue weighted by atomic mass is 10.0. The molecule has 0 spiro atoms. The number of aryl methyl sites for hydroxylation is 2. The molecule has 1 aromatic carbocycles. The Morgan fingerprint density at radius 2 is 1.65 bits per heavy atom. The lowest BCUT2D eigenvalue weighted by Crippen LogP contribution is -2.32. The molecular formula is C18H29NO. The van der Waals surface area contributed by atoms with Gasteiger partial charge in [-0.1, -0.05) is 44.4 Å². The maximum absolute atomic E-state index is 12.5. The highest BCUT2D eigenvalue weighted by atomic mass is 16.1. The van der Waals surface area contributed by atoms with Gasteiger partial charge in [-0.3, -0.25) is 9.69 Å². The molecule has 112 valence electrons. The first-order valence-electron chi connectivity index (χ1n) is 7.91. The summed E-state index contributed by atoms with van der Waals surface area (Å²) >= 11 is 0. The third-order valence-corrected chi connectivity index (χ3v) is 3.72. The van der Waals surface area contributed by atoms with E-state index in [0.717, 1.165) is 29.8 Å². The summed E-state index contributed by atoms with van der Waals surface area (Å²) in [5.74, 6) is 0.262. The molecule has 0 atom stereocenters. The van der Waals surface area contributed by atoms with E-state index in [1.165, 1.54) is 25.7 Å². The van der Waals surface area contributed by atoms with Crippen LogP contribution in [0.3, 0.4) is 0 Å². The Morgan fingerprint density at radius 3 is 2.20 bits per heavy atom. The van der Waals surface area contributed by atoms with Crippen molar-refractivity contribution in [2.24, 2.45) is 0 Å². The van der Waals surface area contributed by atoms with Gasteiger partial charge in [-0.05, 0) is 51.4 Å². The van der Waals surface area contributed by atoms with Crippen molar-refractivity contribution in [2.75, 3.05) is 19.6 Å². The van der Waals surface area contributed by atoms with E-state index in [1.54, 1.807) is 0 Å². The lowest BCUT2D eigenvalue weighted by Gasteiger charge is -2.21. The van der Waals surface area contributed by atoms with Gasteiger partial charge in [0.25, 0.3) is 0 Å². The molecule has 0 N–H and O–H groups in total. The predicted molar refractivity (Wildman–Crippen MR) is 86.5 cm³/mol. The first kappa shape index (κ1) is 16.9. The smallest absolute Gasteiger partial charge is 0.177 e. The summed E-state index contributed by atoms with van der Waals surface area (Å²) in [5.41, 5.74) is 3.14. The molecule has 1 rings (SSSR count). The van der Waals surface area contributed by atoms with Gasteiger partial charge < -0.3 is 0 Å². The van der Waals surface area contributed by atoms with Gasteiger partial charge >= 0.3 is 0 Å². The highest BCUT2D eigenvalue weighted by molar-refractivity contribution is 5.99. The molecule has 0 saturated carbocycles. The molecule has 2 nitrogen and oxygen atoms in total. The SMILES string of the molecule is CCCCN(CCCC)CC(=O)c1cc(C)ccc1C. The normalized spacial score (nSPS) is 11.1. The summed E-state index contributed by atoms with van der Waals surface area (Å²) in [6.07, 6.45) is 4.70. The number of hydrogen-bond acceptors (Lipinski definition) is 2. The summed E-state index contributed by atoms with van der Waals surface area (Å²) in [5, 5.41) is 0. The van der Waals surface area contributed by atoms with Crippen LogP contribution in [0.25, 0.3) is 0 Å². The maximum atomic E-state index is 12.5. The van der Waals surface area contributed by atoms with Crippen molar-refractivity contribution >= 4 is 5.78 Å². The Balaban J connectivity index is 2.70. The first-order valence-corrected chi connectivity index (χ1v) is 7.91. The molecule has 0 radical (unpaired) electrons. The van der Waals surface area contributed by atoms with Gasteiger partial charge in [0, 0.05) is 5.56 Å². The summed E-state index contributed by atoms with van der Waals surface area (Å²) in [7, 11) is 0. The van der Waals surface area contributed by atoms with Crippen LogP contribution in [0.15, 0.2) is 18.2 Å². The minimum atomic E-state index is 0.262. The summed E-state index contributed by atoms with van der Waals surface area (Å²) < 4.78 is 0. The van der Waals surface area contributed by atoms with Crippen LogP contribution in [0, 0.1) is 13.8 Å². The second-order valence-corrected chi connectivity index (χ2v) is 5.72. The van der Waals surface area contributed by atoms with E-state index >= 15 is 0 Å². The molecule has 0 fully saturated rings. The number of benzene rings is 1. The number of carbonyl (C=O) groups is 1. The van der Waals surface area contributed by atoms with E-state index in [-0.39, 0.29) is 5.78 Å². The van der Waals surface area contributed by atoms with Crippen LogP contribution in [-0.2, 0) is 0 Å². The van der Waals surface area contributed by atoms with Crippen molar-refractivity contribution in [2.45, 2.75) is 53.4 Å². The van der Waals surface area contributed by atoms with Crippen LogP contribution in [-0.4, -0.2) is 30.3 Å². The number of rotatable bonds is 9. The second kappa shape index (κ2) is 8.91. The molecular weight excluding hydrogens is 246 g/mol. The first-order chi connectivity index (χ1) is 9.58. The Morgan fingerprint density at radius 1 is 1.05 bits per heavy atom. The average Bonchev–Trinajstić information content (AvgIpc) is 2.44. The van der Waals surface area contributed by atoms with Crippen molar-refractivity contribution in [1.82, 2.24) is 4.90 Å². The van der Waals surface area contributed by atoms with E-state index in [2.05, 4.69) is 24.8 Å². The van der Waals surface area contributed by atoms with Crippen LogP contribution < -0.4 is 0 Å². The lowest BCUT2D eigenvalue weighted by molar-refractivity contribution is 0.0927. The summed E-state index contributed by atoms with van der Waals surface area (Å²) in [4.78, 5) is 14.8. The Labute approximate surface area is 124 Å². The monoisotopic (exact) mass is 275 g/mol. The van der Waals surface area contributed by atoms with Gasteiger partial charge in [0.2, 0.25) is 0 Å². The van der Waals surface area contributed by atoms with Crippen LogP contribution in [0.5, 0.6) is 0 Å². The summed E-state index contributed by atoms with van der Waals surface area (Å²) in [6.45, 7) is 11.1. The molecule has 0 unspecified atom stereocenters. The molecule has 0 aromatic heterocycles. The zero-order valence-corrected chi connectivity index (χ0v) is 13.5. The minimum absolute atomic E-state index is 0.262. The highest BCUT2D eigenvalue weighted by Crippen LogP contribution is 2.12. The number of ketones is 1. The molecule has 1 aromatic rings. The minimum Gasteiger partial charge on any atom is -0.296 e. The standard InChI is InChI=1S/C18H29NO/c1-5-7-11-19(12-8-6-2)14-18(20)17-13-15(3)9-10-16(17)4/h9-10,13H,5-8,11-12,14H2,1-4H3. The third kappa shape index (κ3) is 5.46. The molecule has 20 heavy (non-hydrogen) atoms. The van der Waals surface area contributed by atoms with Crippen LogP contribution >= 0.6 is 0 Å². The molecule has 0 aliphatic carbocycles. The van der Waals surface area contributed by atoms with Crippen LogP contribution in [0.1, 0.15) is 61.0 Å². The largest absolute Gasteiger partial charge is 0.296 e. The van der Waals surface area contributed by atoms with Crippen molar-refractivity contribution in [3.05, 3.63) is 34.9 Å². The summed E-state index contributed by atoms with van der Waals surface area (Å²) in [6, 6.07) is 6.14. The van der Waals surface area contributed by atoms with Gasteiger partial charge in [-0.15, -0.1) is 0 Å². The van der Waals surface area contributed by atoms with Crippen molar-refractivity contribution in [3.8, 4) is 0 Å². The van der Waals surface area contributed by atoms with Gasteiger partial charge in [-0.2, -0.15) is 0 Å². The average molecular weight is 275 g/mol. The molecule has 0 heterocycles. The Hall–Kier alpha value is -1.15. The van der Waals surface area contributed by atoms with Crippen LogP contribution in [0.4, 0.5) is 0 Å². The van der Waals surface area contributed by atoms with Gasteiger partial charge in [0.1, 0.15) is 0 Å². The molecule has 0 amide bonds. The number of Topliss-reactive ketones (excluding diaryl/α,β-unsaturated/α-hetero) is 1. The van der Waals surface area contributed by atoms with E-state index in [4.69, 9.17) is 0 Å². The van der Waals surface area contributed by atoms with E-state index in [9.17, 15) is 4.79 Å². The van der Waals surface area contributed by atoms with E-state index in [1.807, 2.05) is 26.0 Å². The topological polar surface area (TPSA) is 20.3 Å². The number of unbranched alkanes of at least 4 members (excludes halogenated alkanes) is 2. The number of nitrogens with zero attached hydrogens (tertiary/aromatic N) is 1. The van der Waals surface area contributed by atoms with Crippen molar-refractivity contribution in [3.63, 3.8) is 0 Å². The van der Waals surface area contributed by atoms with Gasteiger partial charge in [-0.25, -0.2) is 0 Å². The number of carbonyl (C=O) groups excluding carboxylic acids is 1. The fourth-order valence-electron chi connectivity index (χ4n) is 2.36. The molecule has 0 aliphatic heterocycles. The second-order valence-electron chi connectivity index (χ2n) is 5.72. The van der Waals surface area contributed by atoms with Gasteiger partial charge in [0.05, 0.1) is 6.54 Å². The Bertz CT molecular complexity index is 417. The molecule has 0 saturated heterocycles. The molecule has 0 aliphatic rings. The number of hydrogen-bond donors (Lipinski definition) is 0. The third-order valence-electron chi connectivity index (χ3n) is 3.72. The quantitative estimate of drug-likeness (QED) is 0.623. The molecule has 2 heteroatoms. The van der Waals surface area contributed by atoms with Crippen molar-refractivity contribution in [1.29, 1.82) is 0 Å².